The molecule has 4 N–H and O–H groups in total. The van der Waals surface area contributed by atoms with Gasteiger partial charge in [0.2, 0.25) is 0 Å². The Morgan fingerprint density at radius 1 is 1.50 bits per heavy atom. The summed E-state index contributed by atoms with van der Waals surface area (Å²) in [6, 6.07) is -1.02. The van der Waals surface area contributed by atoms with Gasteiger partial charge in [0.25, 0.3) is 0 Å². The lowest BCUT2D eigenvalue weighted by molar-refractivity contribution is -0.142. The van der Waals surface area contributed by atoms with Crippen LogP contribution < -0.4 is 5.32 Å². The number of carboxylic acids is 1. The predicted molar refractivity (Wildman–Crippen MR) is 31.4 cm³/mol. The van der Waals surface area contributed by atoms with Crippen molar-refractivity contribution in [3.8, 4) is 0 Å². The summed E-state index contributed by atoms with van der Waals surface area (Å²) in [5.41, 5.74) is 0. The summed E-state index contributed by atoms with van der Waals surface area (Å²) in [5, 5.41) is 28.6. The highest BCUT2D eigenvalue weighted by molar-refractivity contribution is 5.74. The van der Waals surface area contributed by atoms with E-state index in [9.17, 15) is 4.79 Å². The molecule has 1 fully saturated rings. The molecule has 0 aromatic rings. The Kier molecular flexibility index (Phi) is 1.89. The minimum atomic E-state index is -1.18. The van der Waals surface area contributed by atoms with E-state index in [0.717, 1.165) is 0 Å². The number of rotatable bonds is 1. The highest BCUT2D eigenvalue weighted by atomic mass is 16.4. The standard InChI is InChI=1S/C5H9NO4/c7-2-1-6-3(4(2)8)5(9)10/h2-4,6-8H,1H2,(H,9,10)/t2?,3-,4+/m0/s1. The second kappa shape index (κ2) is 2.53. The van der Waals surface area contributed by atoms with Crippen molar-refractivity contribution in [1.82, 2.24) is 5.32 Å². The van der Waals surface area contributed by atoms with Gasteiger partial charge in [-0.2, -0.15) is 0 Å². The van der Waals surface area contributed by atoms with Crippen LogP contribution in [0.25, 0.3) is 0 Å². The minimum Gasteiger partial charge on any atom is -0.480 e. The molecule has 58 valence electrons. The van der Waals surface area contributed by atoms with Gasteiger partial charge >= 0.3 is 5.97 Å². The van der Waals surface area contributed by atoms with Crippen LogP contribution in [0.15, 0.2) is 0 Å². The highest BCUT2D eigenvalue weighted by Gasteiger charge is 2.37. The van der Waals surface area contributed by atoms with Gasteiger partial charge in [-0.05, 0) is 0 Å². The van der Waals surface area contributed by atoms with Crippen LogP contribution in [0.4, 0.5) is 0 Å². The summed E-state index contributed by atoms with van der Waals surface area (Å²) in [5.74, 6) is -1.14. The molecule has 1 aliphatic heterocycles. The molecule has 1 rings (SSSR count). The summed E-state index contributed by atoms with van der Waals surface area (Å²) in [4.78, 5) is 10.2. The number of aliphatic carboxylic acids is 1. The first kappa shape index (κ1) is 7.46. The molecule has 0 aromatic heterocycles. The highest BCUT2D eigenvalue weighted by Crippen LogP contribution is 2.06. The van der Waals surface area contributed by atoms with Gasteiger partial charge in [-0.15, -0.1) is 0 Å². The van der Waals surface area contributed by atoms with Crippen molar-refractivity contribution >= 4 is 5.97 Å². The first-order valence-corrected chi connectivity index (χ1v) is 2.95. The van der Waals surface area contributed by atoms with E-state index < -0.39 is 24.2 Å². The molecular formula is C5H9NO4. The summed E-state index contributed by atoms with van der Waals surface area (Å²) >= 11 is 0. The minimum absolute atomic E-state index is 0.137. The normalized spacial score (nSPS) is 40.0. The number of nitrogens with one attached hydrogen (secondary N) is 1. The van der Waals surface area contributed by atoms with Gasteiger partial charge in [-0.25, -0.2) is 0 Å². The third-order valence-corrected chi connectivity index (χ3v) is 1.55. The van der Waals surface area contributed by atoms with Gasteiger partial charge < -0.3 is 15.3 Å². The molecule has 0 bridgehead atoms. The lowest BCUT2D eigenvalue weighted by Gasteiger charge is -2.09. The third-order valence-electron chi connectivity index (χ3n) is 1.55. The van der Waals surface area contributed by atoms with E-state index in [1.807, 2.05) is 0 Å². The fourth-order valence-corrected chi connectivity index (χ4v) is 0.945. The molecule has 10 heavy (non-hydrogen) atoms. The summed E-state index contributed by atoms with van der Waals surface area (Å²) in [6.45, 7) is 0.137. The van der Waals surface area contributed by atoms with Crippen LogP contribution in [0.5, 0.6) is 0 Å². The average Bonchev–Trinajstić information content (AvgIpc) is 2.14. The van der Waals surface area contributed by atoms with Gasteiger partial charge in [-0.3, -0.25) is 10.1 Å². The zero-order valence-corrected chi connectivity index (χ0v) is 5.19. The topological polar surface area (TPSA) is 89.8 Å². The number of aliphatic hydroxyl groups excluding tert-OH is 2. The molecule has 1 heterocycles. The summed E-state index contributed by atoms with van der Waals surface area (Å²) in [7, 11) is 0. The van der Waals surface area contributed by atoms with Crippen molar-refractivity contribution in [3.05, 3.63) is 0 Å². The second-order valence-electron chi connectivity index (χ2n) is 2.28. The van der Waals surface area contributed by atoms with Crippen LogP contribution >= 0.6 is 0 Å². The quantitative estimate of drug-likeness (QED) is 0.337. The van der Waals surface area contributed by atoms with E-state index in [1.54, 1.807) is 0 Å². The van der Waals surface area contributed by atoms with Crippen molar-refractivity contribution in [2.45, 2.75) is 18.2 Å². The molecule has 0 aliphatic carbocycles. The monoisotopic (exact) mass is 147 g/mol. The van der Waals surface area contributed by atoms with Gasteiger partial charge in [0.15, 0.2) is 0 Å². The van der Waals surface area contributed by atoms with Crippen molar-refractivity contribution in [1.29, 1.82) is 0 Å². The Morgan fingerprint density at radius 2 is 2.10 bits per heavy atom. The lowest BCUT2D eigenvalue weighted by Crippen LogP contribution is -2.39. The first-order valence-electron chi connectivity index (χ1n) is 2.95. The zero-order chi connectivity index (χ0) is 7.72. The Labute approximate surface area is 57.3 Å². The Balaban J connectivity index is 2.57. The summed E-state index contributed by atoms with van der Waals surface area (Å²) in [6.07, 6.45) is -2.14. The van der Waals surface area contributed by atoms with E-state index in [1.165, 1.54) is 0 Å². The molecule has 0 saturated carbocycles. The fraction of sp³-hybridized carbons (Fsp3) is 0.800. The van der Waals surface area contributed by atoms with Gasteiger partial charge in [0.05, 0.1) is 6.10 Å². The van der Waals surface area contributed by atoms with Crippen molar-refractivity contribution in [3.63, 3.8) is 0 Å². The average molecular weight is 147 g/mol. The van der Waals surface area contributed by atoms with Crippen LogP contribution in [-0.4, -0.2) is 46.1 Å². The Morgan fingerprint density at radius 3 is 2.30 bits per heavy atom. The van der Waals surface area contributed by atoms with Crippen LogP contribution in [-0.2, 0) is 4.79 Å². The number of carbonyl (C=O) groups is 1. The van der Waals surface area contributed by atoms with E-state index in [4.69, 9.17) is 15.3 Å². The number of carboxylic acid groups (broad SMARTS) is 1. The molecule has 0 amide bonds. The van der Waals surface area contributed by atoms with Gasteiger partial charge in [-0.1, -0.05) is 0 Å². The van der Waals surface area contributed by atoms with E-state index >= 15 is 0 Å². The van der Waals surface area contributed by atoms with Crippen LogP contribution in [0.3, 0.4) is 0 Å². The molecule has 5 nitrogen and oxygen atoms in total. The maximum absolute atomic E-state index is 10.2. The smallest absolute Gasteiger partial charge is 0.323 e. The van der Waals surface area contributed by atoms with Crippen molar-refractivity contribution < 1.29 is 20.1 Å². The third kappa shape index (κ3) is 1.11. The van der Waals surface area contributed by atoms with Crippen molar-refractivity contribution in [2.75, 3.05) is 6.54 Å². The molecular weight excluding hydrogens is 138 g/mol. The molecule has 0 radical (unpaired) electrons. The number of β-amino-alcohol motifs (C(OH)–C–C–N with tert-alkyl or cyclic N) is 1. The number of hydrogen-bond donors (Lipinski definition) is 4. The van der Waals surface area contributed by atoms with Crippen LogP contribution in [0.1, 0.15) is 0 Å². The largest absolute Gasteiger partial charge is 0.480 e. The SMILES string of the molecule is O=C(O)[C@H]1NCC(O)[C@H]1O. The molecule has 1 saturated heterocycles. The van der Waals surface area contributed by atoms with E-state index in [2.05, 4.69) is 5.32 Å². The van der Waals surface area contributed by atoms with Gasteiger partial charge in [0, 0.05) is 6.54 Å². The second-order valence-corrected chi connectivity index (χ2v) is 2.28. The van der Waals surface area contributed by atoms with Crippen LogP contribution in [0, 0.1) is 0 Å². The molecule has 1 aliphatic rings. The van der Waals surface area contributed by atoms with Crippen LogP contribution in [0.2, 0.25) is 0 Å². The summed E-state index contributed by atoms with van der Waals surface area (Å²) < 4.78 is 0. The molecule has 3 atom stereocenters. The first-order chi connectivity index (χ1) is 4.63. The maximum Gasteiger partial charge on any atom is 0.323 e. The Hall–Kier alpha value is -0.650. The number of aliphatic hydroxyl groups is 2. The Bertz CT molecular complexity index is 149. The van der Waals surface area contributed by atoms with Crippen molar-refractivity contribution in [2.24, 2.45) is 0 Å². The predicted octanol–water partition coefficient (Wildman–Crippen LogP) is -2.24. The molecule has 1 unspecified atom stereocenters. The lowest BCUT2D eigenvalue weighted by atomic mass is 10.1. The molecule has 0 spiro atoms. The maximum atomic E-state index is 10.2. The molecule has 0 aromatic carbocycles. The zero-order valence-electron chi connectivity index (χ0n) is 5.19. The fourth-order valence-electron chi connectivity index (χ4n) is 0.945. The van der Waals surface area contributed by atoms with E-state index in [0.29, 0.717) is 0 Å². The van der Waals surface area contributed by atoms with Gasteiger partial charge in [0.1, 0.15) is 12.1 Å². The number of hydrogen-bond acceptors (Lipinski definition) is 4. The molecule has 5 heteroatoms. The van der Waals surface area contributed by atoms with E-state index in [-0.39, 0.29) is 6.54 Å².